The lowest BCUT2D eigenvalue weighted by Crippen LogP contribution is -2.25. The first-order valence-corrected chi connectivity index (χ1v) is 4.26. The Morgan fingerprint density at radius 2 is 2.36 bits per heavy atom. The molecule has 0 aromatic carbocycles. The third kappa shape index (κ3) is 2.03. The van der Waals surface area contributed by atoms with E-state index in [4.69, 9.17) is 11.6 Å². The Bertz CT molecular complexity index is 427. The van der Waals surface area contributed by atoms with Gasteiger partial charge < -0.3 is 15.8 Å². The molecule has 7 nitrogen and oxygen atoms in total. The Morgan fingerprint density at radius 1 is 1.71 bits per heavy atom. The summed E-state index contributed by atoms with van der Waals surface area (Å²) in [6.45, 7) is 0. The molecule has 76 valence electrons. The normalized spacial score (nSPS) is 11.4. The van der Waals surface area contributed by atoms with Gasteiger partial charge in [-0.05, 0) is 15.9 Å². The molecule has 0 aliphatic rings. The standard InChI is InChI=1S/C6H8BrN5O2/c7-3-1-2(13)5(14)4(10-3)6(8)11-12-9/h1,12,14H,9H2,(H2,8,11)(H,10,13). The molecule has 0 bridgehead atoms. The number of nitrogens with one attached hydrogen (secondary N) is 2. The molecule has 0 amide bonds. The number of halogens is 1. The molecule has 0 spiro atoms. The minimum absolute atomic E-state index is 0.00215. The van der Waals surface area contributed by atoms with E-state index in [1.165, 1.54) is 6.07 Å². The van der Waals surface area contributed by atoms with E-state index in [1.807, 2.05) is 5.53 Å². The molecule has 7 N–H and O–H groups in total. The average Bonchev–Trinajstić information content (AvgIpc) is 2.11. The Kier molecular flexibility index (Phi) is 3.10. The summed E-state index contributed by atoms with van der Waals surface area (Å²) >= 11 is 3.04. The lowest BCUT2D eigenvalue weighted by Gasteiger charge is -2.03. The van der Waals surface area contributed by atoms with Crippen LogP contribution in [0.1, 0.15) is 5.69 Å². The Balaban J connectivity index is 3.34. The summed E-state index contributed by atoms with van der Waals surface area (Å²) in [5.41, 5.74) is 6.78. The van der Waals surface area contributed by atoms with Crippen LogP contribution in [0, 0.1) is 0 Å². The minimum atomic E-state index is -0.569. The number of hydrazone groups is 1. The molecule has 0 radical (unpaired) electrons. The maximum absolute atomic E-state index is 11.1. The van der Waals surface area contributed by atoms with E-state index in [9.17, 15) is 9.90 Å². The van der Waals surface area contributed by atoms with Gasteiger partial charge in [-0.15, -0.1) is 5.10 Å². The highest BCUT2D eigenvalue weighted by Gasteiger charge is 2.10. The summed E-state index contributed by atoms with van der Waals surface area (Å²) in [5.74, 6) is 4.26. The van der Waals surface area contributed by atoms with Gasteiger partial charge in [-0.25, -0.2) is 11.4 Å². The van der Waals surface area contributed by atoms with Crippen LogP contribution in [0.4, 0.5) is 0 Å². The number of hydrogen-bond donors (Lipinski definition) is 5. The summed E-state index contributed by atoms with van der Waals surface area (Å²) in [6.07, 6.45) is 0. The fourth-order valence-electron chi connectivity index (χ4n) is 0.832. The first-order valence-electron chi connectivity index (χ1n) is 3.47. The number of hydrogen-bond acceptors (Lipinski definition) is 5. The number of rotatable bonds is 2. The van der Waals surface area contributed by atoms with E-state index in [-0.39, 0.29) is 11.5 Å². The van der Waals surface area contributed by atoms with Crippen LogP contribution >= 0.6 is 15.9 Å². The zero-order valence-electron chi connectivity index (χ0n) is 6.91. The second-order valence-corrected chi connectivity index (χ2v) is 3.19. The van der Waals surface area contributed by atoms with Gasteiger partial charge in [0.15, 0.2) is 11.6 Å². The van der Waals surface area contributed by atoms with E-state index in [0.29, 0.717) is 4.60 Å². The van der Waals surface area contributed by atoms with Gasteiger partial charge in [-0.3, -0.25) is 4.79 Å². The first-order chi connectivity index (χ1) is 6.56. The molecule has 0 fully saturated rings. The van der Waals surface area contributed by atoms with Gasteiger partial charge in [0.25, 0.3) is 0 Å². The number of nitrogens with two attached hydrogens (primary N) is 2. The fourth-order valence-corrected chi connectivity index (χ4v) is 1.24. The molecule has 0 saturated carbocycles. The largest absolute Gasteiger partial charge is 0.503 e. The van der Waals surface area contributed by atoms with Crippen LogP contribution in [0.25, 0.3) is 0 Å². The van der Waals surface area contributed by atoms with Gasteiger partial charge in [0.1, 0.15) is 5.69 Å². The van der Waals surface area contributed by atoms with Crippen molar-refractivity contribution in [2.75, 3.05) is 0 Å². The van der Waals surface area contributed by atoms with Crippen LogP contribution in [0.3, 0.4) is 0 Å². The maximum atomic E-state index is 11.1. The van der Waals surface area contributed by atoms with Crippen molar-refractivity contribution in [3.63, 3.8) is 0 Å². The van der Waals surface area contributed by atoms with Crippen LogP contribution < -0.4 is 22.5 Å². The number of amidine groups is 1. The van der Waals surface area contributed by atoms with Crippen molar-refractivity contribution in [3.05, 3.63) is 26.6 Å². The third-order valence-electron chi connectivity index (χ3n) is 1.41. The number of H-pyrrole nitrogens is 1. The van der Waals surface area contributed by atoms with Crippen LogP contribution in [-0.2, 0) is 0 Å². The number of aromatic hydroxyl groups is 1. The van der Waals surface area contributed by atoms with Crippen molar-refractivity contribution in [2.24, 2.45) is 16.7 Å². The Labute approximate surface area is 86.9 Å². The van der Waals surface area contributed by atoms with Crippen LogP contribution in [0.2, 0.25) is 0 Å². The van der Waals surface area contributed by atoms with Crippen LogP contribution in [-0.4, -0.2) is 15.9 Å². The van der Waals surface area contributed by atoms with E-state index in [0.717, 1.165) is 0 Å². The molecule has 0 atom stereocenters. The predicted octanol–water partition coefficient (Wildman–Crippen LogP) is -1.07. The molecule has 1 heterocycles. The highest BCUT2D eigenvalue weighted by atomic mass is 79.9. The number of aromatic nitrogens is 1. The molecule has 0 aliphatic carbocycles. The summed E-state index contributed by atoms with van der Waals surface area (Å²) in [6, 6.07) is 1.17. The van der Waals surface area contributed by atoms with Gasteiger partial charge >= 0.3 is 0 Å². The quantitative estimate of drug-likeness (QED) is 0.152. The molecule has 1 aromatic heterocycles. The monoisotopic (exact) mass is 261 g/mol. The number of nitrogens with zero attached hydrogens (tertiary/aromatic N) is 1. The summed E-state index contributed by atoms with van der Waals surface area (Å²) in [7, 11) is 0. The zero-order valence-corrected chi connectivity index (χ0v) is 8.50. The summed E-state index contributed by atoms with van der Waals surface area (Å²) < 4.78 is 0.380. The molecule has 0 aliphatic heterocycles. The van der Waals surface area contributed by atoms with Gasteiger partial charge in [0.05, 0.1) is 4.60 Å². The van der Waals surface area contributed by atoms with Gasteiger partial charge in [0, 0.05) is 6.07 Å². The molecular weight excluding hydrogens is 254 g/mol. The fraction of sp³-hybridized carbons (Fsp3) is 0. The molecule has 1 rings (SSSR count). The van der Waals surface area contributed by atoms with Crippen molar-refractivity contribution >= 4 is 21.8 Å². The Morgan fingerprint density at radius 3 is 2.93 bits per heavy atom. The summed E-state index contributed by atoms with van der Waals surface area (Å²) in [5, 5.41) is 12.7. The predicted molar refractivity (Wildman–Crippen MR) is 54.5 cm³/mol. The molecule has 14 heavy (non-hydrogen) atoms. The lowest BCUT2D eigenvalue weighted by molar-refractivity contribution is 0.465. The molecule has 0 unspecified atom stereocenters. The van der Waals surface area contributed by atoms with Gasteiger partial charge in [0.2, 0.25) is 5.43 Å². The third-order valence-corrected chi connectivity index (χ3v) is 1.84. The highest BCUT2D eigenvalue weighted by molar-refractivity contribution is 9.10. The lowest BCUT2D eigenvalue weighted by atomic mass is 10.3. The highest BCUT2D eigenvalue weighted by Crippen LogP contribution is 2.11. The second-order valence-electron chi connectivity index (χ2n) is 2.33. The van der Waals surface area contributed by atoms with Crippen molar-refractivity contribution in [2.45, 2.75) is 0 Å². The average molecular weight is 262 g/mol. The molecule has 8 heteroatoms. The smallest absolute Gasteiger partial charge is 0.225 e. The van der Waals surface area contributed by atoms with Gasteiger partial charge in [-0.1, -0.05) is 0 Å². The summed E-state index contributed by atoms with van der Waals surface area (Å²) in [4.78, 5) is 13.7. The van der Waals surface area contributed by atoms with E-state index < -0.39 is 11.2 Å². The van der Waals surface area contributed by atoms with E-state index >= 15 is 0 Å². The van der Waals surface area contributed by atoms with Gasteiger partial charge in [-0.2, -0.15) is 0 Å². The molecule has 1 aromatic rings. The number of aromatic amines is 1. The number of hydrazine groups is 1. The topological polar surface area (TPSA) is 130 Å². The van der Waals surface area contributed by atoms with E-state index in [1.54, 1.807) is 0 Å². The van der Waals surface area contributed by atoms with Crippen LogP contribution in [0.5, 0.6) is 5.75 Å². The minimum Gasteiger partial charge on any atom is -0.503 e. The zero-order chi connectivity index (χ0) is 10.7. The van der Waals surface area contributed by atoms with Crippen molar-refractivity contribution < 1.29 is 5.11 Å². The molecular formula is C6H8BrN5O2. The maximum Gasteiger partial charge on any atom is 0.225 e. The van der Waals surface area contributed by atoms with Crippen molar-refractivity contribution in [1.29, 1.82) is 0 Å². The first kappa shape index (κ1) is 10.5. The number of pyridine rings is 1. The van der Waals surface area contributed by atoms with Crippen LogP contribution in [0.15, 0.2) is 20.6 Å². The Hall–Kier alpha value is -1.54. The molecule has 0 saturated heterocycles. The SMILES string of the molecule is NN/N=C(\N)c1[nH]c(Br)cc(=O)c1O. The van der Waals surface area contributed by atoms with Crippen molar-refractivity contribution in [1.82, 2.24) is 10.5 Å². The van der Waals surface area contributed by atoms with E-state index in [2.05, 4.69) is 26.0 Å². The second kappa shape index (κ2) is 4.11. The van der Waals surface area contributed by atoms with Crippen molar-refractivity contribution in [3.8, 4) is 5.75 Å².